The number of ether oxygens (including phenoxy) is 2. The Morgan fingerprint density at radius 2 is 2.00 bits per heavy atom. The standard InChI is InChI=1S/C30H35F3N6O4S/c1-17-9-18(10-25(35)28(17)43-7-8-44(2,40)41)21-5-6-36-14-26(21)39-29-37-13-20(38-29)3-4-24(34)27-22(31)11-19(12-23(27)32)30(33)15-42-16-30/h3-6,11-14,17-18,25,28,34H,7-10,15-16,35H2,1-2H3,(H2,37,38,39)/b4-3-,34-24?/t17-,18+,25+,28-/m0/s1. The highest BCUT2D eigenvalue weighted by molar-refractivity contribution is 7.90. The molecular weight excluding hydrogens is 597 g/mol. The third-order valence-corrected chi connectivity index (χ3v) is 8.93. The van der Waals surface area contributed by atoms with Gasteiger partial charge in [0, 0.05) is 18.5 Å². The molecule has 1 saturated carbocycles. The van der Waals surface area contributed by atoms with Gasteiger partial charge in [-0.1, -0.05) is 6.92 Å². The van der Waals surface area contributed by atoms with Crippen LogP contribution in [-0.4, -0.2) is 73.1 Å². The molecule has 236 valence electrons. The van der Waals surface area contributed by atoms with Gasteiger partial charge in [0.15, 0.2) is 5.67 Å². The zero-order chi connectivity index (χ0) is 31.6. The molecule has 0 bridgehead atoms. The van der Waals surface area contributed by atoms with Crippen LogP contribution in [0, 0.1) is 23.0 Å². The van der Waals surface area contributed by atoms with Gasteiger partial charge in [-0.05, 0) is 66.2 Å². The van der Waals surface area contributed by atoms with Crippen molar-refractivity contribution in [3.05, 3.63) is 76.9 Å². The Bertz CT molecular complexity index is 1620. The van der Waals surface area contributed by atoms with Crippen LogP contribution < -0.4 is 11.1 Å². The number of alkyl halides is 1. The van der Waals surface area contributed by atoms with Crippen LogP contribution in [0.5, 0.6) is 0 Å². The van der Waals surface area contributed by atoms with Crippen LogP contribution in [-0.2, 0) is 25.0 Å². The van der Waals surface area contributed by atoms with Crippen molar-refractivity contribution >= 4 is 33.3 Å². The van der Waals surface area contributed by atoms with Crippen LogP contribution in [0.3, 0.4) is 0 Å². The average molecular weight is 633 g/mol. The Balaban J connectivity index is 1.23. The molecule has 5 N–H and O–H groups in total. The summed E-state index contributed by atoms with van der Waals surface area (Å²) >= 11 is 0. The van der Waals surface area contributed by atoms with E-state index in [4.69, 9.17) is 20.6 Å². The molecule has 2 aliphatic rings. The van der Waals surface area contributed by atoms with Crippen molar-refractivity contribution < 1.29 is 31.1 Å². The van der Waals surface area contributed by atoms with Crippen LogP contribution in [0.1, 0.15) is 48.1 Å². The quantitative estimate of drug-likeness (QED) is 0.227. The molecule has 3 aromatic rings. The first-order valence-corrected chi connectivity index (χ1v) is 16.2. The molecular formula is C30H35F3N6O4S. The van der Waals surface area contributed by atoms with Gasteiger partial charge in [-0.2, -0.15) is 0 Å². The number of aromatic amines is 1. The topological polar surface area (TPSA) is 156 Å². The van der Waals surface area contributed by atoms with Crippen LogP contribution in [0.15, 0.2) is 42.9 Å². The lowest BCUT2D eigenvalue weighted by atomic mass is 9.74. The number of hydrogen-bond donors (Lipinski definition) is 4. The summed E-state index contributed by atoms with van der Waals surface area (Å²) < 4.78 is 77.6. The molecule has 1 saturated heterocycles. The van der Waals surface area contributed by atoms with Crippen molar-refractivity contribution in [2.45, 2.75) is 43.5 Å². The Hall–Kier alpha value is -3.59. The van der Waals surface area contributed by atoms with Crippen LogP contribution >= 0.6 is 0 Å². The van der Waals surface area contributed by atoms with Crippen LogP contribution in [0.2, 0.25) is 0 Å². The third kappa shape index (κ3) is 7.20. The average Bonchev–Trinajstić information content (AvgIpc) is 3.38. The summed E-state index contributed by atoms with van der Waals surface area (Å²) in [7, 11) is -3.13. The first kappa shape index (κ1) is 31.8. The number of allylic oxidation sites excluding steroid dienone is 1. The van der Waals surface area contributed by atoms with Gasteiger partial charge in [-0.3, -0.25) is 4.98 Å². The zero-order valence-corrected chi connectivity index (χ0v) is 25.1. The van der Waals surface area contributed by atoms with Gasteiger partial charge in [0.25, 0.3) is 0 Å². The SMILES string of the molecule is C[C@H]1C[C@@H](c2ccncc2Nc2ncc(/C=C\C(=N)c3c(F)cc(C4(F)COC4)cc3F)[nH]2)C[C@@H](N)[C@H]1OCCS(C)(=O)=O. The Labute approximate surface area is 253 Å². The van der Waals surface area contributed by atoms with E-state index in [-0.39, 0.29) is 55.1 Å². The maximum absolute atomic E-state index is 14.7. The van der Waals surface area contributed by atoms with E-state index in [1.165, 1.54) is 24.6 Å². The van der Waals surface area contributed by atoms with E-state index in [1.807, 2.05) is 13.0 Å². The number of aromatic nitrogens is 3. The number of nitrogens with one attached hydrogen (secondary N) is 3. The third-order valence-electron chi connectivity index (χ3n) is 8.02. The molecule has 2 fully saturated rings. The lowest BCUT2D eigenvalue weighted by Crippen LogP contribution is -2.47. The molecule has 3 heterocycles. The smallest absolute Gasteiger partial charge is 0.205 e. The minimum absolute atomic E-state index is 0.0512. The van der Waals surface area contributed by atoms with Gasteiger partial charge in [-0.25, -0.2) is 26.6 Å². The largest absolute Gasteiger partial charge is 0.375 e. The Morgan fingerprint density at radius 1 is 1.27 bits per heavy atom. The lowest BCUT2D eigenvalue weighted by Gasteiger charge is -2.39. The molecule has 0 radical (unpaired) electrons. The normalized spacial score (nSPS) is 23.4. The van der Waals surface area contributed by atoms with E-state index >= 15 is 0 Å². The Kier molecular flexibility index (Phi) is 9.25. The van der Waals surface area contributed by atoms with Crippen molar-refractivity contribution in [3.8, 4) is 0 Å². The first-order chi connectivity index (χ1) is 20.8. The first-order valence-electron chi connectivity index (χ1n) is 14.2. The number of nitrogens with zero attached hydrogens (tertiary/aromatic N) is 2. The van der Waals surface area contributed by atoms with Crippen molar-refractivity contribution in [1.29, 1.82) is 5.41 Å². The lowest BCUT2D eigenvalue weighted by molar-refractivity contribution is -0.135. The molecule has 14 heteroatoms. The maximum Gasteiger partial charge on any atom is 0.205 e. The van der Waals surface area contributed by atoms with E-state index in [0.717, 1.165) is 29.8 Å². The monoisotopic (exact) mass is 632 g/mol. The molecule has 0 unspecified atom stereocenters. The molecule has 44 heavy (non-hydrogen) atoms. The predicted octanol–water partition coefficient (Wildman–Crippen LogP) is 4.37. The van der Waals surface area contributed by atoms with Gasteiger partial charge in [0.1, 0.15) is 21.5 Å². The predicted molar refractivity (Wildman–Crippen MR) is 160 cm³/mol. The number of sulfone groups is 1. The summed E-state index contributed by atoms with van der Waals surface area (Å²) in [6.07, 6.45) is 9.90. The number of pyridine rings is 1. The molecule has 0 amide bonds. The second kappa shape index (κ2) is 12.8. The van der Waals surface area contributed by atoms with Crippen molar-refractivity contribution in [2.75, 3.05) is 37.1 Å². The summed E-state index contributed by atoms with van der Waals surface area (Å²) in [6.45, 7) is 1.62. The van der Waals surface area contributed by atoms with Crippen LogP contribution in [0.4, 0.5) is 24.8 Å². The fourth-order valence-corrected chi connectivity index (χ4v) is 6.11. The Morgan fingerprint density at radius 3 is 2.64 bits per heavy atom. The second-order valence-corrected chi connectivity index (χ2v) is 13.8. The fraction of sp³-hybridized carbons (Fsp3) is 0.433. The molecule has 4 atom stereocenters. The summed E-state index contributed by atoms with van der Waals surface area (Å²) in [5.74, 6) is -1.54. The van der Waals surface area contributed by atoms with Crippen molar-refractivity contribution in [2.24, 2.45) is 11.7 Å². The highest BCUT2D eigenvalue weighted by Gasteiger charge is 2.42. The van der Waals surface area contributed by atoms with E-state index in [1.54, 1.807) is 12.4 Å². The number of rotatable bonds is 11. The molecule has 1 aliphatic heterocycles. The molecule has 5 rings (SSSR count). The minimum atomic E-state index is -3.13. The molecule has 0 spiro atoms. The molecule has 10 nitrogen and oxygen atoms in total. The van der Waals surface area contributed by atoms with E-state index in [2.05, 4.69) is 20.3 Å². The summed E-state index contributed by atoms with van der Waals surface area (Å²) in [6, 6.07) is 3.44. The highest BCUT2D eigenvalue weighted by atomic mass is 32.2. The number of halogens is 3. The minimum Gasteiger partial charge on any atom is -0.375 e. The number of imidazole rings is 1. The highest BCUT2D eigenvalue weighted by Crippen LogP contribution is 2.40. The van der Waals surface area contributed by atoms with Gasteiger partial charge in [0.05, 0.1) is 66.7 Å². The van der Waals surface area contributed by atoms with Gasteiger partial charge in [0.2, 0.25) is 5.95 Å². The maximum atomic E-state index is 14.7. The summed E-state index contributed by atoms with van der Waals surface area (Å²) in [4.78, 5) is 11.6. The zero-order valence-electron chi connectivity index (χ0n) is 24.3. The number of benzene rings is 1. The fourth-order valence-electron chi connectivity index (χ4n) is 5.71. The molecule has 1 aliphatic carbocycles. The second-order valence-electron chi connectivity index (χ2n) is 11.6. The van der Waals surface area contributed by atoms with Gasteiger partial charge < -0.3 is 30.9 Å². The number of anilines is 2. The number of nitrogens with two attached hydrogens (primary N) is 1. The van der Waals surface area contributed by atoms with Crippen LogP contribution in [0.25, 0.3) is 6.08 Å². The van der Waals surface area contributed by atoms with E-state index in [9.17, 15) is 21.6 Å². The van der Waals surface area contributed by atoms with Crippen molar-refractivity contribution in [1.82, 2.24) is 15.0 Å². The summed E-state index contributed by atoms with van der Waals surface area (Å²) in [5.41, 5.74) is 5.60. The van der Waals surface area contributed by atoms with Gasteiger partial charge in [-0.15, -0.1) is 0 Å². The van der Waals surface area contributed by atoms with Crippen molar-refractivity contribution in [3.63, 3.8) is 0 Å². The number of hydrogen-bond acceptors (Lipinski definition) is 9. The summed E-state index contributed by atoms with van der Waals surface area (Å²) in [5, 5.41) is 11.4. The molecule has 1 aromatic carbocycles. The molecule has 2 aromatic heterocycles. The van der Waals surface area contributed by atoms with E-state index < -0.39 is 38.4 Å². The van der Waals surface area contributed by atoms with E-state index in [0.29, 0.717) is 18.1 Å². The van der Waals surface area contributed by atoms with Gasteiger partial charge >= 0.3 is 0 Å². The number of H-pyrrole nitrogens is 1.